The summed E-state index contributed by atoms with van der Waals surface area (Å²) < 4.78 is 0. The molecule has 2 aliphatic heterocycles. The molecule has 1 amide bonds. The molecule has 0 bridgehead atoms. The lowest BCUT2D eigenvalue weighted by atomic mass is 10.0. The van der Waals surface area contributed by atoms with Gasteiger partial charge in [-0.05, 0) is 45.6 Å². The van der Waals surface area contributed by atoms with Gasteiger partial charge in [0, 0.05) is 45.4 Å². The molecular formula is C16H31N3O2. The lowest BCUT2D eigenvalue weighted by molar-refractivity contribution is -0.136. The van der Waals surface area contributed by atoms with Gasteiger partial charge in [0.25, 0.3) is 0 Å². The number of piperazine rings is 1. The number of rotatable bonds is 6. The molecule has 122 valence electrons. The van der Waals surface area contributed by atoms with Crippen molar-refractivity contribution in [1.82, 2.24) is 14.7 Å². The van der Waals surface area contributed by atoms with Crippen LogP contribution in [0.3, 0.4) is 0 Å². The average molecular weight is 297 g/mol. The molecule has 2 saturated heterocycles. The van der Waals surface area contributed by atoms with Gasteiger partial charge in [0.2, 0.25) is 5.91 Å². The van der Waals surface area contributed by atoms with E-state index in [4.69, 9.17) is 5.11 Å². The van der Waals surface area contributed by atoms with E-state index in [1.807, 2.05) is 0 Å². The minimum Gasteiger partial charge on any atom is -0.396 e. The zero-order valence-corrected chi connectivity index (χ0v) is 13.5. The molecule has 2 aliphatic rings. The summed E-state index contributed by atoms with van der Waals surface area (Å²) in [5.41, 5.74) is 0. The fraction of sp³-hybridized carbons (Fsp3) is 0.938. The molecule has 1 N–H and O–H groups in total. The number of hydrogen-bond donors (Lipinski definition) is 1. The topological polar surface area (TPSA) is 47.0 Å². The first-order valence-electron chi connectivity index (χ1n) is 8.55. The van der Waals surface area contributed by atoms with Crippen LogP contribution in [-0.4, -0.2) is 84.2 Å². The quantitative estimate of drug-likeness (QED) is 0.736. The molecule has 5 heteroatoms. The van der Waals surface area contributed by atoms with Crippen molar-refractivity contribution in [2.75, 3.05) is 52.4 Å². The summed E-state index contributed by atoms with van der Waals surface area (Å²) in [6.45, 7) is 9.17. The summed E-state index contributed by atoms with van der Waals surface area (Å²) in [5.74, 6) is 0.316. The molecule has 2 heterocycles. The van der Waals surface area contributed by atoms with E-state index in [2.05, 4.69) is 21.6 Å². The second-order valence-corrected chi connectivity index (χ2v) is 6.48. The van der Waals surface area contributed by atoms with E-state index in [1.54, 1.807) is 0 Å². The van der Waals surface area contributed by atoms with E-state index < -0.39 is 0 Å². The monoisotopic (exact) mass is 297 g/mol. The van der Waals surface area contributed by atoms with E-state index in [9.17, 15) is 4.79 Å². The van der Waals surface area contributed by atoms with Gasteiger partial charge in [0.15, 0.2) is 0 Å². The third-order valence-corrected chi connectivity index (χ3v) is 4.83. The van der Waals surface area contributed by atoms with Gasteiger partial charge >= 0.3 is 0 Å². The Morgan fingerprint density at radius 2 is 1.76 bits per heavy atom. The van der Waals surface area contributed by atoms with Crippen LogP contribution < -0.4 is 0 Å². The first-order chi connectivity index (χ1) is 10.2. The summed E-state index contributed by atoms with van der Waals surface area (Å²) in [6.07, 6.45) is 5.54. The number of amides is 1. The predicted octanol–water partition coefficient (Wildman–Crippen LogP) is 0.778. The third-order valence-electron chi connectivity index (χ3n) is 4.83. The SMILES string of the molecule is CC1CCCCN1C(=O)CN1CCN(CCCCO)CC1. The molecular weight excluding hydrogens is 266 g/mol. The van der Waals surface area contributed by atoms with Crippen LogP contribution in [0.5, 0.6) is 0 Å². The smallest absolute Gasteiger partial charge is 0.236 e. The van der Waals surface area contributed by atoms with Crippen molar-refractivity contribution in [3.05, 3.63) is 0 Å². The van der Waals surface area contributed by atoms with Gasteiger partial charge in [-0.15, -0.1) is 0 Å². The van der Waals surface area contributed by atoms with Crippen molar-refractivity contribution in [1.29, 1.82) is 0 Å². The Bertz CT molecular complexity index is 317. The van der Waals surface area contributed by atoms with Crippen LogP contribution in [0.4, 0.5) is 0 Å². The highest BCUT2D eigenvalue weighted by atomic mass is 16.2. The maximum Gasteiger partial charge on any atom is 0.236 e. The van der Waals surface area contributed by atoms with Gasteiger partial charge in [0.05, 0.1) is 6.54 Å². The van der Waals surface area contributed by atoms with E-state index in [0.29, 0.717) is 25.1 Å². The number of carbonyl (C=O) groups is 1. The summed E-state index contributed by atoms with van der Waals surface area (Å²) in [7, 11) is 0. The van der Waals surface area contributed by atoms with Gasteiger partial charge < -0.3 is 14.9 Å². The lowest BCUT2D eigenvalue weighted by Crippen LogP contribution is -2.52. The number of unbranched alkanes of at least 4 members (excludes halogenated alkanes) is 1. The number of carbonyl (C=O) groups excluding carboxylic acids is 1. The molecule has 2 fully saturated rings. The van der Waals surface area contributed by atoms with Crippen LogP contribution in [0.25, 0.3) is 0 Å². The molecule has 0 aliphatic carbocycles. The Kier molecular flexibility index (Phi) is 6.93. The van der Waals surface area contributed by atoms with Crippen molar-refractivity contribution in [3.63, 3.8) is 0 Å². The van der Waals surface area contributed by atoms with E-state index >= 15 is 0 Å². The van der Waals surface area contributed by atoms with Crippen LogP contribution in [0, 0.1) is 0 Å². The van der Waals surface area contributed by atoms with Crippen LogP contribution in [-0.2, 0) is 4.79 Å². The van der Waals surface area contributed by atoms with Crippen LogP contribution in [0.1, 0.15) is 39.0 Å². The predicted molar refractivity (Wildman–Crippen MR) is 84.2 cm³/mol. The number of piperidine rings is 1. The van der Waals surface area contributed by atoms with Gasteiger partial charge in [-0.1, -0.05) is 0 Å². The van der Waals surface area contributed by atoms with Gasteiger partial charge in [-0.25, -0.2) is 0 Å². The standard InChI is InChI=1S/C16H31N3O2/c1-15-6-2-3-8-19(15)16(21)14-18-11-9-17(10-12-18)7-4-5-13-20/h15,20H,2-14H2,1H3. The molecule has 0 spiro atoms. The Labute approximate surface area is 128 Å². The number of nitrogens with zero attached hydrogens (tertiary/aromatic N) is 3. The highest BCUT2D eigenvalue weighted by molar-refractivity contribution is 5.78. The Balaban J connectivity index is 1.67. The second-order valence-electron chi connectivity index (χ2n) is 6.48. The molecule has 1 unspecified atom stereocenters. The maximum absolute atomic E-state index is 12.4. The molecule has 2 rings (SSSR count). The lowest BCUT2D eigenvalue weighted by Gasteiger charge is -2.38. The first-order valence-corrected chi connectivity index (χ1v) is 8.55. The highest BCUT2D eigenvalue weighted by Crippen LogP contribution is 2.17. The molecule has 0 aromatic heterocycles. The number of likely N-dealkylation sites (tertiary alicyclic amines) is 1. The summed E-state index contributed by atoms with van der Waals surface area (Å²) >= 11 is 0. The molecule has 21 heavy (non-hydrogen) atoms. The summed E-state index contributed by atoms with van der Waals surface area (Å²) in [4.78, 5) is 19.2. The number of aliphatic hydroxyl groups is 1. The van der Waals surface area contributed by atoms with Crippen molar-refractivity contribution in [3.8, 4) is 0 Å². The van der Waals surface area contributed by atoms with Crippen molar-refractivity contribution < 1.29 is 9.90 Å². The Morgan fingerprint density at radius 3 is 2.43 bits per heavy atom. The molecule has 1 atom stereocenters. The van der Waals surface area contributed by atoms with E-state index in [0.717, 1.165) is 65.0 Å². The fourth-order valence-electron chi connectivity index (χ4n) is 3.37. The van der Waals surface area contributed by atoms with Gasteiger partial charge in [0.1, 0.15) is 0 Å². The molecule has 0 aromatic rings. The largest absolute Gasteiger partial charge is 0.396 e. The van der Waals surface area contributed by atoms with E-state index in [-0.39, 0.29) is 0 Å². The first kappa shape index (κ1) is 16.7. The number of aliphatic hydroxyl groups excluding tert-OH is 1. The van der Waals surface area contributed by atoms with Crippen LogP contribution >= 0.6 is 0 Å². The molecule has 0 saturated carbocycles. The Hall–Kier alpha value is -0.650. The normalized spacial score (nSPS) is 25.2. The third kappa shape index (κ3) is 5.24. The maximum atomic E-state index is 12.4. The summed E-state index contributed by atoms with van der Waals surface area (Å²) in [6, 6.07) is 0.422. The summed E-state index contributed by atoms with van der Waals surface area (Å²) in [5, 5.41) is 8.81. The second kappa shape index (κ2) is 8.71. The minimum absolute atomic E-state index is 0.294. The van der Waals surface area contributed by atoms with Crippen molar-refractivity contribution in [2.45, 2.75) is 45.1 Å². The van der Waals surface area contributed by atoms with Crippen LogP contribution in [0.2, 0.25) is 0 Å². The van der Waals surface area contributed by atoms with Gasteiger partial charge in [-0.2, -0.15) is 0 Å². The minimum atomic E-state index is 0.294. The number of hydrogen-bond acceptors (Lipinski definition) is 4. The van der Waals surface area contributed by atoms with Crippen molar-refractivity contribution in [2.24, 2.45) is 0 Å². The zero-order chi connectivity index (χ0) is 15.1. The zero-order valence-electron chi connectivity index (χ0n) is 13.5. The average Bonchev–Trinajstić information content (AvgIpc) is 2.49. The van der Waals surface area contributed by atoms with Gasteiger partial charge in [-0.3, -0.25) is 9.69 Å². The van der Waals surface area contributed by atoms with Crippen LogP contribution in [0.15, 0.2) is 0 Å². The highest BCUT2D eigenvalue weighted by Gasteiger charge is 2.26. The Morgan fingerprint density at radius 1 is 1.05 bits per heavy atom. The molecule has 0 aromatic carbocycles. The molecule has 0 radical (unpaired) electrons. The van der Waals surface area contributed by atoms with E-state index in [1.165, 1.54) is 6.42 Å². The molecule has 5 nitrogen and oxygen atoms in total. The fourth-order valence-corrected chi connectivity index (χ4v) is 3.37. The van der Waals surface area contributed by atoms with Crippen molar-refractivity contribution >= 4 is 5.91 Å².